The zero-order chi connectivity index (χ0) is 16.8. The van der Waals surface area contributed by atoms with Crippen LogP contribution in [0.15, 0.2) is 23.2 Å². The maximum absolute atomic E-state index is 13.0. The third kappa shape index (κ3) is 3.25. The van der Waals surface area contributed by atoms with Crippen molar-refractivity contribution in [1.29, 1.82) is 0 Å². The van der Waals surface area contributed by atoms with E-state index in [1.54, 1.807) is 0 Å². The van der Waals surface area contributed by atoms with Crippen LogP contribution in [0.25, 0.3) is 0 Å². The lowest BCUT2D eigenvalue weighted by atomic mass is 9.93. The molecule has 0 saturated heterocycles. The predicted molar refractivity (Wildman–Crippen MR) is 79.4 cm³/mol. The van der Waals surface area contributed by atoms with Gasteiger partial charge in [0.15, 0.2) is 0 Å². The van der Waals surface area contributed by atoms with E-state index in [0.29, 0.717) is 0 Å². The van der Waals surface area contributed by atoms with E-state index in [-0.39, 0.29) is 30.4 Å². The monoisotopic (exact) mass is 352 g/mol. The Kier molecular flexibility index (Phi) is 4.98. The van der Waals surface area contributed by atoms with Crippen molar-refractivity contribution in [2.24, 2.45) is 16.5 Å². The second-order valence-electron chi connectivity index (χ2n) is 5.36. The molecule has 1 aliphatic rings. The summed E-state index contributed by atoms with van der Waals surface area (Å²) >= 11 is 0. The molecule has 1 aromatic heterocycles. The molecule has 2 atom stereocenters. The van der Waals surface area contributed by atoms with Crippen LogP contribution in [0.1, 0.15) is 30.0 Å². The minimum Gasteiger partial charge on any atom is -0.385 e. The molecule has 2 rings (SSSR count). The normalized spacial score (nSPS) is 27.8. The van der Waals surface area contributed by atoms with Crippen molar-refractivity contribution in [2.45, 2.75) is 31.2 Å². The van der Waals surface area contributed by atoms with Crippen molar-refractivity contribution < 1.29 is 22.7 Å². The molecule has 0 spiro atoms. The summed E-state index contributed by atoms with van der Waals surface area (Å²) in [5, 5.41) is 0. The molecular weight excluding hydrogens is 337 g/mol. The molecule has 0 saturated carbocycles. The van der Waals surface area contributed by atoms with Crippen LogP contribution >= 0.6 is 12.4 Å². The van der Waals surface area contributed by atoms with Crippen molar-refractivity contribution in [2.75, 3.05) is 6.61 Å². The molecule has 2 heterocycles. The van der Waals surface area contributed by atoms with Crippen molar-refractivity contribution in [3.63, 3.8) is 0 Å². The summed E-state index contributed by atoms with van der Waals surface area (Å²) in [6, 6.07) is 4.42. The lowest BCUT2D eigenvalue weighted by Crippen LogP contribution is -2.60. The number of hydrogen-bond donors (Lipinski definition) is 2. The fraction of sp³-hybridized carbons (Fsp3) is 0.462. The molecule has 4 N–H and O–H groups in total. The summed E-state index contributed by atoms with van der Waals surface area (Å²) in [7, 11) is 0. The molecule has 1 aliphatic heterocycles. The van der Waals surface area contributed by atoms with Gasteiger partial charge in [-0.15, -0.1) is 12.4 Å². The van der Waals surface area contributed by atoms with Crippen LogP contribution in [0.3, 0.4) is 0 Å². The topological polar surface area (TPSA) is 104 Å². The van der Waals surface area contributed by atoms with Gasteiger partial charge in [-0.1, -0.05) is 6.07 Å². The molecular formula is C13H16ClF3N4O2. The van der Waals surface area contributed by atoms with Crippen LogP contribution in [0, 0.1) is 0 Å². The number of amidine groups is 1. The Hall–Kier alpha value is -1.87. The maximum Gasteiger partial charge on any atom is 0.424 e. The average molecular weight is 353 g/mol. The first-order valence-electron chi connectivity index (χ1n) is 6.33. The summed E-state index contributed by atoms with van der Waals surface area (Å²) in [6.45, 7) is 1.94. The highest BCUT2D eigenvalue weighted by molar-refractivity contribution is 5.91. The zero-order valence-electron chi connectivity index (χ0n) is 12.3. The molecule has 1 amide bonds. The number of alkyl halides is 3. The van der Waals surface area contributed by atoms with Crippen molar-refractivity contribution in [3.8, 4) is 0 Å². The van der Waals surface area contributed by atoms with Gasteiger partial charge in [-0.2, -0.15) is 13.2 Å². The Labute approximate surface area is 136 Å². The molecule has 10 heteroatoms. The standard InChI is InChI=1S/C13H15F3N4O2.ClH/c1-11(8-5-3-4-7(19-8)9(17)21)6-22-12(2,10(18)20-11)13(14,15)16;/h3-5H,6H2,1-2H3,(H2,17,21)(H2,18,20);1H/t11-,12-;/m1./s1. The number of amides is 1. The SMILES string of the molecule is C[C@]1(c2cccc(C(N)=O)n2)CO[C@@](C)(C(F)(F)F)C(N)=N1.Cl. The van der Waals surface area contributed by atoms with Crippen LogP contribution in [-0.4, -0.2) is 35.1 Å². The van der Waals surface area contributed by atoms with Gasteiger partial charge in [0.25, 0.3) is 5.91 Å². The van der Waals surface area contributed by atoms with Crippen molar-refractivity contribution >= 4 is 24.1 Å². The van der Waals surface area contributed by atoms with Gasteiger partial charge in [-0.25, -0.2) is 4.98 Å². The van der Waals surface area contributed by atoms with Crippen LogP contribution in [0.2, 0.25) is 0 Å². The minimum absolute atomic E-state index is 0. The van der Waals surface area contributed by atoms with Gasteiger partial charge >= 0.3 is 6.18 Å². The number of rotatable bonds is 2. The Bertz CT molecular complexity index is 652. The van der Waals surface area contributed by atoms with Crippen molar-refractivity contribution in [3.05, 3.63) is 29.6 Å². The van der Waals surface area contributed by atoms with Gasteiger partial charge < -0.3 is 16.2 Å². The Balaban J connectivity index is 0.00000264. The molecule has 6 nitrogen and oxygen atoms in total. The predicted octanol–water partition coefficient (Wildman–Crippen LogP) is 1.53. The summed E-state index contributed by atoms with van der Waals surface area (Å²) in [6.07, 6.45) is -4.69. The third-order valence-corrected chi connectivity index (χ3v) is 3.59. The number of carbonyl (C=O) groups is 1. The number of halogens is 4. The molecule has 1 aromatic rings. The van der Waals surface area contributed by atoms with E-state index < -0.39 is 29.1 Å². The van der Waals surface area contributed by atoms with E-state index in [9.17, 15) is 18.0 Å². The van der Waals surface area contributed by atoms with E-state index in [0.717, 1.165) is 6.92 Å². The van der Waals surface area contributed by atoms with E-state index in [1.165, 1.54) is 25.1 Å². The van der Waals surface area contributed by atoms with Gasteiger partial charge in [0.05, 0.1) is 12.3 Å². The Morgan fingerprint density at radius 1 is 1.35 bits per heavy atom. The Morgan fingerprint density at radius 2 is 1.96 bits per heavy atom. The summed E-state index contributed by atoms with van der Waals surface area (Å²) in [5.41, 5.74) is 6.99. The van der Waals surface area contributed by atoms with Gasteiger partial charge in [-0.3, -0.25) is 9.79 Å². The molecule has 0 bridgehead atoms. The number of nitrogens with two attached hydrogens (primary N) is 2. The number of nitrogens with zero attached hydrogens (tertiary/aromatic N) is 2. The van der Waals surface area contributed by atoms with Gasteiger partial charge in [0.1, 0.15) is 17.1 Å². The van der Waals surface area contributed by atoms with Crippen LogP contribution < -0.4 is 11.5 Å². The number of aliphatic imine (C=N–C) groups is 1. The highest BCUT2D eigenvalue weighted by Gasteiger charge is 2.59. The Morgan fingerprint density at radius 3 is 2.43 bits per heavy atom. The van der Waals surface area contributed by atoms with Crippen LogP contribution in [-0.2, 0) is 10.3 Å². The molecule has 0 unspecified atom stereocenters. The highest BCUT2D eigenvalue weighted by Crippen LogP contribution is 2.40. The van der Waals surface area contributed by atoms with Gasteiger partial charge in [0.2, 0.25) is 5.60 Å². The smallest absolute Gasteiger partial charge is 0.385 e. The first-order valence-corrected chi connectivity index (χ1v) is 6.33. The van der Waals surface area contributed by atoms with E-state index in [1.807, 2.05) is 0 Å². The molecule has 0 aliphatic carbocycles. The van der Waals surface area contributed by atoms with Crippen molar-refractivity contribution in [1.82, 2.24) is 4.98 Å². The van der Waals surface area contributed by atoms with Crippen LogP contribution in [0.4, 0.5) is 13.2 Å². The second-order valence-corrected chi connectivity index (χ2v) is 5.36. The average Bonchev–Trinajstić information content (AvgIpc) is 2.42. The number of ether oxygens (including phenoxy) is 1. The largest absolute Gasteiger partial charge is 0.424 e. The van der Waals surface area contributed by atoms with E-state index in [4.69, 9.17) is 16.2 Å². The summed E-state index contributed by atoms with van der Waals surface area (Å²) in [5.74, 6) is -1.45. The van der Waals surface area contributed by atoms with Gasteiger partial charge in [-0.05, 0) is 26.0 Å². The first kappa shape index (κ1) is 19.2. The quantitative estimate of drug-likeness (QED) is 0.842. The zero-order valence-corrected chi connectivity index (χ0v) is 13.2. The minimum atomic E-state index is -4.69. The van der Waals surface area contributed by atoms with E-state index >= 15 is 0 Å². The highest BCUT2D eigenvalue weighted by atomic mass is 35.5. The lowest BCUT2D eigenvalue weighted by molar-refractivity contribution is -0.249. The van der Waals surface area contributed by atoms with Crippen LogP contribution in [0.5, 0.6) is 0 Å². The first-order chi connectivity index (χ1) is 9.99. The molecule has 0 fully saturated rings. The maximum atomic E-state index is 13.0. The number of primary amides is 1. The summed E-state index contributed by atoms with van der Waals surface area (Å²) < 4.78 is 44.1. The molecule has 23 heavy (non-hydrogen) atoms. The van der Waals surface area contributed by atoms with E-state index in [2.05, 4.69) is 9.98 Å². The summed E-state index contributed by atoms with van der Waals surface area (Å²) in [4.78, 5) is 19.1. The number of hydrogen-bond acceptors (Lipinski definition) is 5. The fourth-order valence-electron chi connectivity index (χ4n) is 1.99. The molecule has 128 valence electrons. The van der Waals surface area contributed by atoms with Gasteiger partial charge in [0, 0.05) is 0 Å². The number of pyridine rings is 1. The molecule has 0 aromatic carbocycles. The number of aromatic nitrogens is 1. The lowest BCUT2D eigenvalue weighted by Gasteiger charge is -2.40. The number of carbonyl (C=O) groups excluding carboxylic acids is 1. The fourth-order valence-corrected chi connectivity index (χ4v) is 1.99. The molecule has 0 radical (unpaired) electrons. The third-order valence-electron chi connectivity index (χ3n) is 3.59. The second kappa shape index (κ2) is 5.97.